The standard InChI is InChI=1S/C27H30FN3O/c1-30-13-15-31(16-14-30)20-22-5-8-23(9-6-22)24-10-11-26(29-19-24)18-27(32)12-7-21-3-2-4-25(28)17-21/h2-6,8-11,17,19H,7,12-16,18,20H2,1H3. The van der Waals surface area contributed by atoms with Crippen LogP contribution in [0.1, 0.15) is 23.2 Å². The van der Waals surface area contributed by atoms with E-state index >= 15 is 0 Å². The van der Waals surface area contributed by atoms with Gasteiger partial charge in [-0.2, -0.15) is 0 Å². The van der Waals surface area contributed by atoms with Gasteiger partial charge in [0.05, 0.1) is 0 Å². The summed E-state index contributed by atoms with van der Waals surface area (Å²) in [4.78, 5) is 21.7. The van der Waals surface area contributed by atoms with Gasteiger partial charge in [-0.05, 0) is 48.4 Å². The van der Waals surface area contributed by atoms with Crippen molar-refractivity contribution < 1.29 is 9.18 Å². The van der Waals surface area contributed by atoms with Gasteiger partial charge in [-0.1, -0.05) is 42.5 Å². The number of carbonyl (C=O) groups is 1. The van der Waals surface area contributed by atoms with Gasteiger partial charge >= 0.3 is 0 Å². The molecule has 1 aliphatic heterocycles. The molecule has 5 heteroatoms. The number of halogens is 1. The van der Waals surface area contributed by atoms with Crippen molar-refractivity contribution in [3.63, 3.8) is 0 Å². The fourth-order valence-corrected chi connectivity index (χ4v) is 4.03. The lowest BCUT2D eigenvalue weighted by Gasteiger charge is -2.32. The van der Waals surface area contributed by atoms with E-state index in [1.807, 2.05) is 24.4 Å². The second-order valence-electron chi connectivity index (χ2n) is 8.66. The van der Waals surface area contributed by atoms with E-state index in [0.717, 1.165) is 55.1 Å². The summed E-state index contributed by atoms with van der Waals surface area (Å²) in [7, 11) is 2.17. The predicted octanol–water partition coefficient (Wildman–Crippen LogP) is 4.38. The molecule has 1 aliphatic rings. The summed E-state index contributed by atoms with van der Waals surface area (Å²) in [5, 5.41) is 0. The molecule has 32 heavy (non-hydrogen) atoms. The second kappa shape index (κ2) is 10.6. The zero-order chi connectivity index (χ0) is 22.3. The van der Waals surface area contributed by atoms with Crippen molar-refractivity contribution in [1.29, 1.82) is 0 Å². The van der Waals surface area contributed by atoms with Gasteiger partial charge in [-0.15, -0.1) is 0 Å². The quantitative estimate of drug-likeness (QED) is 0.530. The minimum Gasteiger partial charge on any atom is -0.304 e. The third-order valence-corrected chi connectivity index (χ3v) is 6.07. The van der Waals surface area contributed by atoms with Crippen LogP contribution in [0.4, 0.5) is 4.39 Å². The zero-order valence-electron chi connectivity index (χ0n) is 18.6. The van der Waals surface area contributed by atoms with Crippen LogP contribution in [-0.4, -0.2) is 53.8 Å². The monoisotopic (exact) mass is 431 g/mol. The SMILES string of the molecule is CN1CCN(Cc2ccc(-c3ccc(CC(=O)CCc4cccc(F)c4)nc3)cc2)CC1. The Balaban J connectivity index is 1.28. The molecule has 0 atom stereocenters. The minimum absolute atomic E-state index is 0.114. The summed E-state index contributed by atoms with van der Waals surface area (Å²) in [6.45, 7) is 5.48. The molecule has 0 amide bonds. The number of carbonyl (C=O) groups excluding carboxylic acids is 1. The molecule has 4 rings (SSSR count). The highest BCUT2D eigenvalue weighted by Gasteiger charge is 2.14. The smallest absolute Gasteiger partial charge is 0.139 e. The van der Waals surface area contributed by atoms with Crippen molar-refractivity contribution in [3.05, 3.63) is 89.5 Å². The first-order valence-electron chi connectivity index (χ1n) is 11.3. The van der Waals surface area contributed by atoms with Gasteiger partial charge in [0.2, 0.25) is 0 Å². The maximum absolute atomic E-state index is 13.3. The Bertz CT molecular complexity index is 1030. The molecule has 166 valence electrons. The lowest BCUT2D eigenvalue weighted by Crippen LogP contribution is -2.43. The number of nitrogens with zero attached hydrogens (tertiary/aromatic N) is 3. The van der Waals surface area contributed by atoms with Crippen LogP contribution >= 0.6 is 0 Å². The Kier molecular flexibility index (Phi) is 7.40. The largest absolute Gasteiger partial charge is 0.304 e. The molecule has 0 bridgehead atoms. The second-order valence-corrected chi connectivity index (χ2v) is 8.66. The summed E-state index contributed by atoms with van der Waals surface area (Å²) >= 11 is 0. The lowest BCUT2D eigenvalue weighted by atomic mass is 10.0. The molecular weight excluding hydrogens is 401 g/mol. The van der Waals surface area contributed by atoms with Gasteiger partial charge in [-0.25, -0.2) is 4.39 Å². The van der Waals surface area contributed by atoms with Crippen LogP contribution in [0.25, 0.3) is 11.1 Å². The Hall–Kier alpha value is -2.89. The molecule has 0 N–H and O–H groups in total. The summed E-state index contributed by atoms with van der Waals surface area (Å²) in [6, 6.07) is 19.0. The van der Waals surface area contributed by atoms with Crippen LogP contribution in [0.5, 0.6) is 0 Å². The molecule has 0 unspecified atom stereocenters. The fourth-order valence-electron chi connectivity index (χ4n) is 4.03. The average molecular weight is 432 g/mol. The molecule has 0 spiro atoms. The summed E-state index contributed by atoms with van der Waals surface area (Å²) in [5.74, 6) is -0.151. The van der Waals surface area contributed by atoms with Crippen LogP contribution in [-0.2, 0) is 24.2 Å². The van der Waals surface area contributed by atoms with E-state index in [-0.39, 0.29) is 11.6 Å². The lowest BCUT2D eigenvalue weighted by molar-refractivity contribution is -0.118. The molecule has 0 radical (unpaired) electrons. The number of aryl methyl sites for hydroxylation is 1. The number of Topliss-reactive ketones (excluding diaryl/α,β-unsaturated/α-hetero) is 1. The van der Waals surface area contributed by atoms with Gasteiger partial charge in [0.25, 0.3) is 0 Å². The third kappa shape index (κ3) is 6.31. The molecule has 0 saturated carbocycles. The van der Waals surface area contributed by atoms with E-state index in [1.165, 1.54) is 17.7 Å². The summed E-state index contributed by atoms with van der Waals surface area (Å²) in [6.07, 6.45) is 3.08. The number of ketones is 1. The number of benzene rings is 2. The van der Waals surface area contributed by atoms with Gasteiger partial charge in [0.15, 0.2) is 0 Å². The summed E-state index contributed by atoms with van der Waals surface area (Å²) < 4.78 is 13.3. The molecule has 3 aromatic rings. The highest BCUT2D eigenvalue weighted by molar-refractivity contribution is 5.80. The molecule has 2 heterocycles. The van der Waals surface area contributed by atoms with E-state index in [9.17, 15) is 9.18 Å². The van der Waals surface area contributed by atoms with E-state index in [4.69, 9.17) is 0 Å². The number of hydrogen-bond donors (Lipinski definition) is 0. The van der Waals surface area contributed by atoms with Crippen molar-refractivity contribution in [2.45, 2.75) is 25.8 Å². The number of rotatable bonds is 8. The average Bonchev–Trinajstić information content (AvgIpc) is 2.80. The van der Waals surface area contributed by atoms with Crippen LogP contribution in [0.2, 0.25) is 0 Å². The number of pyridine rings is 1. The van der Waals surface area contributed by atoms with Crippen LogP contribution < -0.4 is 0 Å². The van der Waals surface area contributed by atoms with E-state index < -0.39 is 0 Å². The Morgan fingerprint density at radius 3 is 2.38 bits per heavy atom. The molecule has 1 saturated heterocycles. The van der Waals surface area contributed by atoms with Gasteiger partial charge in [0, 0.05) is 63.0 Å². The van der Waals surface area contributed by atoms with Gasteiger partial charge in [0.1, 0.15) is 11.6 Å². The number of likely N-dealkylation sites (N-methyl/N-ethyl adjacent to an activating group) is 1. The molecule has 0 aliphatic carbocycles. The van der Waals surface area contributed by atoms with E-state index in [1.54, 1.807) is 6.07 Å². The predicted molar refractivity (Wildman–Crippen MR) is 126 cm³/mol. The Labute approximate surface area is 189 Å². The van der Waals surface area contributed by atoms with Crippen molar-refractivity contribution in [3.8, 4) is 11.1 Å². The van der Waals surface area contributed by atoms with Crippen molar-refractivity contribution in [2.75, 3.05) is 33.2 Å². The number of hydrogen-bond acceptors (Lipinski definition) is 4. The van der Waals surface area contributed by atoms with Crippen LogP contribution in [0, 0.1) is 5.82 Å². The third-order valence-electron chi connectivity index (χ3n) is 6.07. The topological polar surface area (TPSA) is 36.4 Å². The maximum Gasteiger partial charge on any atom is 0.139 e. The zero-order valence-corrected chi connectivity index (χ0v) is 18.6. The normalized spacial score (nSPS) is 15.1. The number of piperazine rings is 1. The first-order valence-corrected chi connectivity index (χ1v) is 11.3. The molecule has 1 fully saturated rings. The van der Waals surface area contributed by atoms with E-state index in [2.05, 4.69) is 46.1 Å². The molecule has 1 aromatic heterocycles. The first kappa shape index (κ1) is 22.3. The van der Waals surface area contributed by atoms with E-state index in [0.29, 0.717) is 19.3 Å². The van der Waals surface area contributed by atoms with Crippen molar-refractivity contribution in [1.82, 2.24) is 14.8 Å². The molecule has 2 aromatic carbocycles. The fraction of sp³-hybridized carbons (Fsp3) is 0.333. The summed E-state index contributed by atoms with van der Waals surface area (Å²) in [5.41, 5.74) is 5.12. The highest BCUT2D eigenvalue weighted by atomic mass is 19.1. The van der Waals surface area contributed by atoms with Crippen LogP contribution in [0.3, 0.4) is 0 Å². The maximum atomic E-state index is 13.3. The van der Waals surface area contributed by atoms with Crippen LogP contribution in [0.15, 0.2) is 66.9 Å². The Morgan fingerprint density at radius 2 is 1.69 bits per heavy atom. The molecule has 4 nitrogen and oxygen atoms in total. The van der Waals surface area contributed by atoms with Gasteiger partial charge in [-0.3, -0.25) is 14.7 Å². The van der Waals surface area contributed by atoms with Crippen molar-refractivity contribution in [2.24, 2.45) is 0 Å². The van der Waals surface area contributed by atoms with Gasteiger partial charge < -0.3 is 4.90 Å². The van der Waals surface area contributed by atoms with Crippen molar-refractivity contribution >= 4 is 5.78 Å². The first-order chi connectivity index (χ1) is 15.5. The number of aromatic nitrogens is 1. The minimum atomic E-state index is -0.264. The highest BCUT2D eigenvalue weighted by Crippen LogP contribution is 2.20. The molecular formula is C27H30FN3O. The Morgan fingerprint density at radius 1 is 0.938 bits per heavy atom.